The van der Waals surface area contributed by atoms with Crippen molar-refractivity contribution in [1.82, 2.24) is 9.80 Å². The van der Waals surface area contributed by atoms with Crippen molar-refractivity contribution in [2.45, 2.75) is 26.8 Å². The quantitative estimate of drug-likeness (QED) is 0.689. The Morgan fingerprint density at radius 1 is 1.19 bits per heavy atom. The highest BCUT2D eigenvalue weighted by molar-refractivity contribution is 5.78. The predicted molar refractivity (Wildman–Crippen MR) is 84.6 cm³/mol. The number of hydrogen-bond donors (Lipinski definition) is 0. The molecule has 4 nitrogen and oxygen atoms in total. The summed E-state index contributed by atoms with van der Waals surface area (Å²) in [5.41, 5.74) is 1.11. The van der Waals surface area contributed by atoms with Crippen LogP contribution in [0.3, 0.4) is 0 Å². The minimum atomic E-state index is -0.0335. The van der Waals surface area contributed by atoms with Gasteiger partial charge in [-0.1, -0.05) is 36.4 Å². The molecule has 0 atom stereocenters. The average Bonchev–Trinajstić information content (AvgIpc) is 2.49. The number of benzene rings is 1. The van der Waals surface area contributed by atoms with Crippen LogP contribution in [0.4, 0.5) is 0 Å². The third kappa shape index (κ3) is 5.81. The van der Waals surface area contributed by atoms with Crippen LogP contribution in [0, 0.1) is 0 Å². The van der Waals surface area contributed by atoms with E-state index in [1.807, 2.05) is 42.2 Å². The molecule has 21 heavy (non-hydrogen) atoms. The van der Waals surface area contributed by atoms with Crippen LogP contribution in [-0.2, 0) is 16.1 Å². The van der Waals surface area contributed by atoms with Crippen LogP contribution in [-0.4, -0.2) is 41.2 Å². The normalized spacial score (nSPS) is 10.0. The molecule has 0 aliphatic rings. The van der Waals surface area contributed by atoms with Crippen molar-refractivity contribution in [3.05, 3.63) is 48.6 Å². The van der Waals surface area contributed by atoms with E-state index in [4.69, 9.17) is 0 Å². The summed E-state index contributed by atoms with van der Waals surface area (Å²) < 4.78 is 0. The lowest BCUT2D eigenvalue weighted by molar-refractivity contribution is -0.133. The van der Waals surface area contributed by atoms with Crippen LogP contribution >= 0.6 is 0 Å². The standard InChI is InChI=1S/C17H24N2O2/c1-4-12-19(15(3)20)13-11-17(21)18(5-2)14-16-9-7-6-8-10-16/h4,6-10H,1,5,11-14H2,2-3H3. The van der Waals surface area contributed by atoms with E-state index in [1.54, 1.807) is 11.0 Å². The summed E-state index contributed by atoms with van der Waals surface area (Å²) >= 11 is 0. The molecule has 1 aromatic rings. The summed E-state index contributed by atoms with van der Waals surface area (Å²) in [6, 6.07) is 9.91. The predicted octanol–water partition coefficient (Wildman–Crippen LogP) is 2.46. The Morgan fingerprint density at radius 3 is 2.38 bits per heavy atom. The fourth-order valence-corrected chi connectivity index (χ4v) is 2.10. The molecule has 0 unspecified atom stereocenters. The number of carbonyl (C=O) groups is 2. The SMILES string of the molecule is C=CCN(CCC(=O)N(CC)Cc1ccccc1)C(C)=O. The Kier molecular flexibility index (Phi) is 7.23. The molecular weight excluding hydrogens is 264 g/mol. The largest absolute Gasteiger partial charge is 0.339 e. The molecule has 0 aromatic heterocycles. The third-order valence-electron chi connectivity index (χ3n) is 3.34. The highest BCUT2D eigenvalue weighted by Gasteiger charge is 2.14. The van der Waals surface area contributed by atoms with Gasteiger partial charge in [-0.2, -0.15) is 0 Å². The van der Waals surface area contributed by atoms with Crippen LogP contribution in [0.25, 0.3) is 0 Å². The van der Waals surface area contributed by atoms with Gasteiger partial charge in [0.05, 0.1) is 0 Å². The summed E-state index contributed by atoms with van der Waals surface area (Å²) in [5, 5.41) is 0. The summed E-state index contributed by atoms with van der Waals surface area (Å²) in [6.07, 6.45) is 2.02. The van der Waals surface area contributed by atoms with Crippen molar-refractivity contribution in [1.29, 1.82) is 0 Å². The number of carbonyl (C=O) groups excluding carboxylic acids is 2. The molecule has 0 bridgehead atoms. The van der Waals surface area contributed by atoms with E-state index < -0.39 is 0 Å². The van der Waals surface area contributed by atoms with E-state index in [2.05, 4.69) is 6.58 Å². The maximum Gasteiger partial charge on any atom is 0.224 e. The Bertz CT molecular complexity index is 471. The highest BCUT2D eigenvalue weighted by atomic mass is 16.2. The smallest absolute Gasteiger partial charge is 0.224 e. The zero-order chi connectivity index (χ0) is 15.7. The zero-order valence-electron chi connectivity index (χ0n) is 12.9. The van der Waals surface area contributed by atoms with Gasteiger partial charge in [-0.05, 0) is 12.5 Å². The molecule has 114 valence electrons. The fourth-order valence-electron chi connectivity index (χ4n) is 2.10. The van der Waals surface area contributed by atoms with E-state index in [-0.39, 0.29) is 11.8 Å². The molecule has 1 aromatic carbocycles. The first-order chi connectivity index (χ1) is 10.1. The molecule has 4 heteroatoms. The topological polar surface area (TPSA) is 40.6 Å². The van der Waals surface area contributed by atoms with E-state index in [0.29, 0.717) is 32.6 Å². The van der Waals surface area contributed by atoms with Gasteiger partial charge in [0.15, 0.2) is 0 Å². The number of rotatable bonds is 8. The van der Waals surface area contributed by atoms with Gasteiger partial charge >= 0.3 is 0 Å². The molecule has 0 saturated heterocycles. The summed E-state index contributed by atoms with van der Waals surface area (Å²) in [7, 11) is 0. The summed E-state index contributed by atoms with van der Waals surface area (Å²) in [4.78, 5) is 27.1. The van der Waals surface area contributed by atoms with Crippen LogP contribution in [0.1, 0.15) is 25.8 Å². The van der Waals surface area contributed by atoms with Crippen molar-refractivity contribution < 1.29 is 9.59 Å². The number of nitrogens with zero attached hydrogens (tertiary/aromatic N) is 2. The first-order valence-electron chi connectivity index (χ1n) is 7.26. The van der Waals surface area contributed by atoms with Gasteiger partial charge in [0, 0.05) is 39.5 Å². The molecule has 0 spiro atoms. The molecule has 0 saturated carbocycles. The first-order valence-corrected chi connectivity index (χ1v) is 7.26. The van der Waals surface area contributed by atoms with Crippen LogP contribution in [0.15, 0.2) is 43.0 Å². The molecule has 1 rings (SSSR count). The summed E-state index contributed by atoms with van der Waals surface area (Å²) in [6.45, 7) is 9.29. The molecule has 0 radical (unpaired) electrons. The highest BCUT2D eigenvalue weighted by Crippen LogP contribution is 2.06. The van der Waals surface area contributed by atoms with Gasteiger partial charge in [-0.25, -0.2) is 0 Å². The van der Waals surface area contributed by atoms with Gasteiger partial charge in [0.1, 0.15) is 0 Å². The average molecular weight is 288 g/mol. The Balaban J connectivity index is 2.55. The third-order valence-corrected chi connectivity index (χ3v) is 3.34. The zero-order valence-corrected chi connectivity index (χ0v) is 12.9. The Hall–Kier alpha value is -2.10. The number of amides is 2. The van der Waals surface area contributed by atoms with E-state index >= 15 is 0 Å². The van der Waals surface area contributed by atoms with Gasteiger partial charge in [0.2, 0.25) is 11.8 Å². The van der Waals surface area contributed by atoms with E-state index in [0.717, 1.165) is 5.56 Å². The molecule has 0 aliphatic carbocycles. The molecule has 0 fully saturated rings. The van der Waals surface area contributed by atoms with Gasteiger partial charge in [0.25, 0.3) is 0 Å². The van der Waals surface area contributed by atoms with E-state index in [1.165, 1.54) is 6.92 Å². The lowest BCUT2D eigenvalue weighted by Crippen LogP contribution is -2.36. The minimum absolute atomic E-state index is 0.0335. The molecular formula is C17H24N2O2. The van der Waals surface area contributed by atoms with Gasteiger partial charge in [-0.3, -0.25) is 9.59 Å². The van der Waals surface area contributed by atoms with Crippen molar-refractivity contribution >= 4 is 11.8 Å². The van der Waals surface area contributed by atoms with Crippen LogP contribution in [0.5, 0.6) is 0 Å². The van der Waals surface area contributed by atoms with Crippen molar-refractivity contribution in [3.8, 4) is 0 Å². The van der Waals surface area contributed by atoms with E-state index in [9.17, 15) is 9.59 Å². The second-order valence-corrected chi connectivity index (χ2v) is 4.90. The van der Waals surface area contributed by atoms with Crippen molar-refractivity contribution in [2.24, 2.45) is 0 Å². The van der Waals surface area contributed by atoms with Crippen molar-refractivity contribution in [2.75, 3.05) is 19.6 Å². The van der Waals surface area contributed by atoms with Gasteiger partial charge in [-0.15, -0.1) is 6.58 Å². The van der Waals surface area contributed by atoms with Crippen LogP contribution in [0.2, 0.25) is 0 Å². The molecule has 2 amide bonds. The summed E-state index contributed by atoms with van der Waals surface area (Å²) in [5.74, 6) is 0.0328. The second-order valence-electron chi connectivity index (χ2n) is 4.90. The first kappa shape index (κ1) is 17.0. The molecule has 0 N–H and O–H groups in total. The molecule has 0 heterocycles. The van der Waals surface area contributed by atoms with Gasteiger partial charge < -0.3 is 9.80 Å². The lowest BCUT2D eigenvalue weighted by Gasteiger charge is -2.24. The fraction of sp³-hybridized carbons (Fsp3) is 0.412. The lowest BCUT2D eigenvalue weighted by atomic mass is 10.2. The minimum Gasteiger partial charge on any atom is -0.339 e. The Labute approximate surface area is 127 Å². The van der Waals surface area contributed by atoms with Crippen molar-refractivity contribution in [3.63, 3.8) is 0 Å². The number of hydrogen-bond acceptors (Lipinski definition) is 2. The maximum absolute atomic E-state index is 12.3. The van der Waals surface area contributed by atoms with Crippen LogP contribution < -0.4 is 0 Å². The monoisotopic (exact) mass is 288 g/mol. The molecule has 0 aliphatic heterocycles. The maximum atomic E-state index is 12.3. The second kappa shape index (κ2) is 8.95. The Morgan fingerprint density at radius 2 is 1.86 bits per heavy atom.